The van der Waals surface area contributed by atoms with E-state index >= 15 is 0 Å². The molecule has 0 aromatic heterocycles. The number of carbonyl (C=O) groups excluding carboxylic acids is 1. The van der Waals surface area contributed by atoms with Gasteiger partial charge in [0, 0.05) is 19.0 Å². The van der Waals surface area contributed by atoms with E-state index in [4.69, 9.17) is 16.3 Å². The summed E-state index contributed by atoms with van der Waals surface area (Å²) in [4.78, 5) is 12.9. The van der Waals surface area contributed by atoms with Crippen molar-refractivity contribution in [1.82, 2.24) is 4.90 Å². The van der Waals surface area contributed by atoms with Gasteiger partial charge in [-0.25, -0.2) is 4.79 Å². The van der Waals surface area contributed by atoms with Gasteiger partial charge in [0.25, 0.3) is 0 Å². The summed E-state index contributed by atoms with van der Waals surface area (Å²) in [5.41, 5.74) is 0. The lowest BCUT2D eigenvalue weighted by molar-refractivity contribution is 0.141. The zero-order valence-corrected chi connectivity index (χ0v) is 9.59. The van der Waals surface area contributed by atoms with Crippen molar-refractivity contribution >= 4 is 17.7 Å². The van der Waals surface area contributed by atoms with Crippen molar-refractivity contribution in [3.05, 3.63) is 12.3 Å². The molecule has 0 unspecified atom stereocenters. The highest BCUT2D eigenvalue weighted by molar-refractivity contribution is 6.17. The van der Waals surface area contributed by atoms with Gasteiger partial charge >= 0.3 is 6.09 Å². The number of nitrogens with zero attached hydrogens (tertiary/aromatic N) is 1. The lowest BCUT2D eigenvalue weighted by atomic mass is 10.3. The second-order valence-corrected chi connectivity index (χ2v) is 3.14. The van der Waals surface area contributed by atoms with Gasteiger partial charge in [-0.3, -0.25) is 0 Å². The fourth-order valence-corrected chi connectivity index (χ4v) is 1.08. The molecule has 0 fully saturated rings. The number of ether oxygens (including phenoxy) is 1. The van der Waals surface area contributed by atoms with Crippen LogP contribution in [0.15, 0.2) is 12.3 Å². The van der Waals surface area contributed by atoms with E-state index in [2.05, 4.69) is 0 Å². The predicted octanol–water partition coefficient (Wildman–Crippen LogP) is 3.00. The summed E-state index contributed by atoms with van der Waals surface area (Å²) in [5, 5.41) is 0. The summed E-state index contributed by atoms with van der Waals surface area (Å²) >= 11 is 5.49. The third kappa shape index (κ3) is 5.86. The number of amides is 1. The molecule has 1 amide bonds. The SMILES string of the molecule is CCN(CC)C(=O)O/C=C/CCCCl. The molecule has 4 heteroatoms. The molecule has 0 heterocycles. The maximum atomic E-state index is 11.3. The molecule has 0 radical (unpaired) electrons. The summed E-state index contributed by atoms with van der Waals surface area (Å²) in [5.74, 6) is 0.633. The van der Waals surface area contributed by atoms with Gasteiger partial charge in [0.2, 0.25) is 0 Å². The first-order valence-electron chi connectivity index (χ1n) is 4.92. The maximum absolute atomic E-state index is 11.3. The van der Waals surface area contributed by atoms with E-state index in [0.29, 0.717) is 19.0 Å². The van der Waals surface area contributed by atoms with Crippen LogP contribution < -0.4 is 0 Å². The minimum Gasteiger partial charge on any atom is -0.419 e. The normalized spacial score (nSPS) is 10.5. The molecule has 0 rings (SSSR count). The van der Waals surface area contributed by atoms with Crippen molar-refractivity contribution in [3.63, 3.8) is 0 Å². The van der Waals surface area contributed by atoms with Gasteiger partial charge in [-0.15, -0.1) is 11.6 Å². The van der Waals surface area contributed by atoms with Gasteiger partial charge in [0.05, 0.1) is 6.26 Å². The highest BCUT2D eigenvalue weighted by atomic mass is 35.5. The summed E-state index contributed by atoms with van der Waals surface area (Å²) < 4.78 is 4.90. The summed E-state index contributed by atoms with van der Waals surface area (Å²) in [6.45, 7) is 5.18. The van der Waals surface area contributed by atoms with Gasteiger partial charge in [0.15, 0.2) is 0 Å². The molecular formula is C10H18ClNO2. The maximum Gasteiger partial charge on any atom is 0.414 e. The summed E-state index contributed by atoms with van der Waals surface area (Å²) in [7, 11) is 0. The molecule has 0 N–H and O–H groups in total. The highest BCUT2D eigenvalue weighted by Crippen LogP contribution is 1.97. The molecule has 0 aliphatic rings. The Morgan fingerprint density at radius 3 is 2.57 bits per heavy atom. The van der Waals surface area contributed by atoms with Crippen LogP contribution in [0.4, 0.5) is 4.79 Å². The Hall–Kier alpha value is -0.700. The molecule has 0 aromatic rings. The van der Waals surface area contributed by atoms with Crippen LogP contribution >= 0.6 is 11.6 Å². The quantitative estimate of drug-likeness (QED) is 0.391. The van der Waals surface area contributed by atoms with Crippen molar-refractivity contribution in [2.75, 3.05) is 19.0 Å². The third-order valence-corrected chi connectivity index (χ3v) is 2.06. The van der Waals surface area contributed by atoms with Crippen LogP contribution in [0.2, 0.25) is 0 Å². The molecule has 0 spiro atoms. The molecule has 0 saturated heterocycles. The van der Waals surface area contributed by atoms with Crippen molar-refractivity contribution in [1.29, 1.82) is 0 Å². The predicted molar refractivity (Wildman–Crippen MR) is 58.5 cm³/mol. The first-order chi connectivity index (χ1) is 6.76. The molecule has 0 aromatic carbocycles. The van der Waals surface area contributed by atoms with Crippen molar-refractivity contribution < 1.29 is 9.53 Å². The van der Waals surface area contributed by atoms with Crippen LogP contribution in [-0.2, 0) is 4.74 Å². The number of hydrogen-bond acceptors (Lipinski definition) is 2. The van der Waals surface area contributed by atoms with E-state index in [-0.39, 0.29) is 6.09 Å². The Bertz CT molecular complexity index is 179. The van der Waals surface area contributed by atoms with E-state index in [1.165, 1.54) is 6.26 Å². The molecule has 0 aliphatic carbocycles. The molecule has 3 nitrogen and oxygen atoms in total. The second kappa shape index (κ2) is 8.88. The molecule has 0 saturated carbocycles. The zero-order chi connectivity index (χ0) is 10.8. The van der Waals surface area contributed by atoms with Gasteiger partial charge in [-0.05, 0) is 32.8 Å². The van der Waals surface area contributed by atoms with Crippen molar-refractivity contribution in [2.24, 2.45) is 0 Å². The Kier molecular flexibility index (Phi) is 8.43. The van der Waals surface area contributed by atoms with Crippen LogP contribution in [0.5, 0.6) is 0 Å². The van der Waals surface area contributed by atoms with E-state index < -0.39 is 0 Å². The molecule has 0 bridgehead atoms. The first-order valence-corrected chi connectivity index (χ1v) is 5.46. The lowest BCUT2D eigenvalue weighted by Crippen LogP contribution is -2.29. The molecule has 14 heavy (non-hydrogen) atoms. The van der Waals surface area contributed by atoms with Crippen LogP contribution in [0.3, 0.4) is 0 Å². The molecule has 82 valence electrons. The van der Waals surface area contributed by atoms with Crippen LogP contribution in [0.25, 0.3) is 0 Å². The first kappa shape index (κ1) is 13.3. The Morgan fingerprint density at radius 2 is 2.07 bits per heavy atom. The molecule has 0 atom stereocenters. The zero-order valence-electron chi connectivity index (χ0n) is 8.83. The Balaban J connectivity index is 3.66. The van der Waals surface area contributed by atoms with Gasteiger partial charge in [-0.1, -0.05) is 0 Å². The summed E-state index contributed by atoms with van der Waals surface area (Å²) in [6.07, 6.45) is 4.70. The van der Waals surface area contributed by atoms with E-state index in [1.54, 1.807) is 4.90 Å². The fourth-order valence-electron chi connectivity index (χ4n) is 0.926. The summed E-state index contributed by atoms with van der Waals surface area (Å²) in [6, 6.07) is 0. The number of rotatable bonds is 6. The minimum absolute atomic E-state index is 0.294. The monoisotopic (exact) mass is 219 g/mol. The van der Waals surface area contributed by atoms with Gasteiger partial charge < -0.3 is 9.64 Å². The molecular weight excluding hydrogens is 202 g/mol. The van der Waals surface area contributed by atoms with Gasteiger partial charge in [0.1, 0.15) is 0 Å². The third-order valence-electron chi connectivity index (χ3n) is 1.79. The van der Waals surface area contributed by atoms with Crippen LogP contribution in [0, 0.1) is 0 Å². The lowest BCUT2D eigenvalue weighted by Gasteiger charge is -2.15. The minimum atomic E-state index is -0.294. The number of carbonyl (C=O) groups is 1. The Labute approximate surface area is 90.7 Å². The van der Waals surface area contributed by atoms with E-state index in [0.717, 1.165) is 12.8 Å². The number of alkyl halides is 1. The van der Waals surface area contributed by atoms with Crippen LogP contribution in [-0.4, -0.2) is 30.0 Å². The van der Waals surface area contributed by atoms with Crippen molar-refractivity contribution in [2.45, 2.75) is 26.7 Å². The number of halogens is 1. The van der Waals surface area contributed by atoms with E-state index in [1.807, 2.05) is 19.9 Å². The average molecular weight is 220 g/mol. The van der Waals surface area contributed by atoms with Gasteiger partial charge in [-0.2, -0.15) is 0 Å². The topological polar surface area (TPSA) is 29.5 Å². The largest absolute Gasteiger partial charge is 0.419 e. The Morgan fingerprint density at radius 1 is 1.43 bits per heavy atom. The van der Waals surface area contributed by atoms with Crippen molar-refractivity contribution in [3.8, 4) is 0 Å². The number of allylic oxidation sites excluding steroid dienone is 1. The number of unbranched alkanes of at least 4 members (excludes halogenated alkanes) is 1. The average Bonchev–Trinajstić information content (AvgIpc) is 2.19. The smallest absolute Gasteiger partial charge is 0.414 e. The highest BCUT2D eigenvalue weighted by Gasteiger charge is 2.07. The van der Waals surface area contributed by atoms with E-state index in [9.17, 15) is 4.79 Å². The standard InChI is InChI=1S/C10H18ClNO2/c1-3-12(4-2)10(13)14-9-7-5-6-8-11/h7,9H,3-6,8H2,1-2H3/b9-7+. The molecule has 0 aliphatic heterocycles. The second-order valence-electron chi connectivity index (χ2n) is 2.76. The fraction of sp³-hybridized carbons (Fsp3) is 0.700. The van der Waals surface area contributed by atoms with Crippen LogP contribution in [0.1, 0.15) is 26.7 Å². The number of hydrogen-bond donors (Lipinski definition) is 0.